The lowest BCUT2D eigenvalue weighted by Gasteiger charge is -2.32. The fourth-order valence-electron chi connectivity index (χ4n) is 4.17. The first-order valence-electron chi connectivity index (χ1n) is 10.4. The zero-order chi connectivity index (χ0) is 20.9. The number of nitrogens with zero attached hydrogens (tertiary/aromatic N) is 3. The van der Waals surface area contributed by atoms with Crippen molar-refractivity contribution in [1.29, 1.82) is 0 Å². The number of benzene rings is 2. The Morgan fingerprint density at radius 3 is 2.47 bits per heavy atom. The Bertz CT molecular complexity index is 962. The molecule has 6 heteroatoms. The summed E-state index contributed by atoms with van der Waals surface area (Å²) in [5, 5.41) is 3.10. The molecule has 2 heterocycles. The monoisotopic (exact) mass is 406 g/mol. The van der Waals surface area contributed by atoms with Gasteiger partial charge in [-0.15, -0.1) is 0 Å². The fraction of sp³-hybridized carbons (Fsp3) is 0.333. The lowest BCUT2D eigenvalue weighted by Crippen LogP contribution is -2.42. The Labute approximate surface area is 176 Å². The van der Waals surface area contributed by atoms with Crippen molar-refractivity contribution in [3.05, 3.63) is 89.8 Å². The highest BCUT2D eigenvalue weighted by Gasteiger charge is 2.25. The summed E-state index contributed by atoms with van der Waals surface area (Å²) in [6, 6.07) is 16.4. The van der Waals surface area contributed by atoms with Crippen molar-refractivity contribution in [2.24, 2.45) is 7.05 Å². The van der Waals surface area contributed by atoms with Gasteiger partial charge in [0.1, 0.15) is 17.7 Å². The molecule has 1 saturated heterocycles. The molecule has 2 aromatic carbocycles. The van der Waals surface area contributed by atoms with Crippen molar-refractivity contribution < 1.29 is 9.18 Å². The molecule has 1 amide bonds. The summed E-state index contributed by atoms with van der Waals surface area (Å²) >= 11 is 0. The molecule has 5 nitrogen and oxygen atoms in total. The van der Waals surface area contributed by atoms with E-state index in [-0.39, 0.29) is 11.7 Å². The van der Waals surface area contributed by atoms with E-state index in [2.05, 4.69) is 39.5 Å². The summed E-state index contributed by atoms with van der Waals surface area (Å²) in [7, 11) is 1.89. The van der Waals surface area contributed by atoms with Crippen molar-refractivity contribution in [3.63, 3.8) is 0 Å². The van der Waals surface area contributed by atoms with Crippen LogP contribution in [0.2, 0.25) is 0 Å². The molecule has 1 fully saturated rings. The maximum atomic E-state index is 13.4. The molecule has 4 rings (SSSR count). The van der Waals surface area contributed by atoms with E-state index in [1.54, 1.807) is 18.3 Å². The van der Waals surface area contributed by atoms with E-state index < -0.39 is 6.04 Å². The molecule has 30 heavy (non-hydrogen) atoms. The summed E-state index contributed by atoms with van der Waals surface area (Å²) < 4.78 is 15.3. The van der Waals surface area contributed by atoms with Crippen LogP contribution in [0, 0.1) is 5.82 Å². The largest absolute Gasteiger partial charge is 0.341 e. The number of likely N-dealkylation sites (tertiary alicyclic amines) is 1. The summed E-state index contributed by atoms with van der Waals surface area (Å²) in [6.45, 7) is 2.15. The van der Waals surface area contributed by atoms with E-state index in [9.17, 15) is 9.18 Å². The van der Waals surface area contributed by atoms with E-state index in [1.807, 2.05) is 23.9 Å². The molecule has 3 aromatic rings. The highest BCUT2D eigenvalue weighted by Crippen LogP contribution is 2.27. The van der Waals surface area contributed by atoms with Gasteiger partial charge in [0.2, 0.25) is 5.91 Å². The third-order valence-corrected chi connectivity index (χ3v) is 5.85. The zero-order valence-electron chi connectivity index (χ0n) is 17.2. The van der Waals surface area contributed by atoms with Crippen LogP contribution in [-0.2, 0) is 11.8 Å². The van der Waals surface area contributed by atoms with Gasteiger partial charge in [0.25, 0.3) is 0 Å². The molecule has 1 N–H and O–H groups in total. The van der Waals surface area contributed by atoms with E-state index in [0.29, 0.717) is 12.5 Å². The van der Waals surface area contributed by atoms with Crippen LogP contribution < -0.4 is 5.32 Å². The number of aromatic nitrogens is 2. The molecular formula is C24H27FN4O. The highest BCUT2D eigenvalue weighted by atomic mass is 19.1. The zero-order valence-corrected chi connectivity index (χ0v) is 17.2. The minimum absolute atomic E-state index is 0.0505. The number of rotatable bonds is 6. The van der Waals surface area contributed by atoms with Gasteiger partial charge in [0.15, 0.2) is 0 Å². The van der Waals surface area contributed by atoms with Crippen LogP contribution in [-0.4, -0.2) is 40.0 Å². The minimum atomic E-state index is -0.417. The van der Waals surface area contributed by atoms with Gasteiger partial charge in [0, 0.05) is 19.4 Å². The SMILES string of the molecule is Cn1ccnc1[C@H](NC(=O)CN1CCC(c2ccccc2)CC1)c1ccc(F)cc1. The number of amides is 1. The molecule has 0 bridgehead atoms. The van der Waals surface area contributed by atoms with Gasteiger partial charge >= 0.3 is 0 Å². The Hall–Kier alpha value is -2.99. The lowest BCUT2D eigenvalue weighted by molar-refractivity contribution is -0.123. The number of halogens is 1. The van der Waals surface area contributed by atoms with Crippen LogP contribution in [0.3, 0.4) is 0 Å². The van der Waals surface area contributed by atoms with Crippen LogP contribution >= 0.6 is 0 Å². The molecule has 0 spiro atoms. The number of nitrogens with one attached hydrogen (secondary N) is 1. The molecule has 0 aliphatic carbocycles. The van der Waals surface area contributed by atoms with Gasteiger partial charge in [0.05, 0.1) is 6.54 Å². The number of hydrogen-bond acceptors (Lipinski definition) is 3. The van der Waals surface area contributed by atoms with Crippen LogP contribution in [0.5, 0.6) is 0 Å². The van der Waals surface area contributed by atoms with Crippen LogP contribution in [0.25, 0.3) is 0 Å². The summed E-state index contributed by atoms with van der Waals surface area (Å²) in [4.78, 5) is 19.5. The Kier molecular flexibility index (Phi) is 6.23. The van der Waals surface area contributed by atoms with Crippen LogP contribution in [0.4, 0.5) is 4.39 Å². The summed E-state index contributed by atoms with van der Waals surface area (Å²) in [6.07, 6.45) is 5.65. The third-order valence-electron chi connectivity index (χ3n) is 5.85. The number of piperidine rings is 1. The van der Waals surface area contributed by atoms with Crippen molar-refractivity contribution in [2.75, 3.05) is 19.6 Å². The topological polar surface area (TPSA) is 50.2 Å². The van der Waals surface area contributed by atoms with E-state index in [1.165, 1.54) is 17.7 Å². The molecule has 156 valence electrons. The van der Waals surface area contributed by atoms with Crippen LogP contribution in [0.15, 0.2) is 67.0 Å². The average Bonchev–Trinajstić information content (AvgIpc) is 3.19. The molecule has 0 saturated carbocycles. The molecule has 0 radical (unpaired) electrons. The lowest BCUT2D eigenvalue weighted by atomic mass is 9.89. The van der Waals surface area contributed by atoms with Crippen molar-refractivity contribution >= 4 is 5.91 Å². The number of aryl methyl sites for hydroxylation is 1. The van der Waals surface area contributed by atoms with Crippen molar-refractivity contribution in [3.8, 4) is 0 Å². The second kappa shape index (κ2) is 9.22. The van der Waals surface area contributed by atoms with Gasteiger partial charge in [-0.3, -0.25) is 9.69 Å². The van der Waals surface area contributed by atoms with E-state index in [0.717, 1.165) is 37.3 Å². The van der Waals surface area contributed by atoms with Gasteiger partial charge in [-0.05, 0) is 55.1 Å². The Morgan fingerprint density at radius 2 is 1.83 bits per heavy atom. The maximum Gasteiger partial charge on any atom is 0.235 e. The number of imidazole rings is 1. The normalized spacial score (nSPS) is 16.3. The predicted octanol–water partition coefficient (Wildman–Crippen LogP) is 3.64. The molecule has 1 aromatic heterocycles. The first kappa shape index (κ1) is 20.3. The second-order valence-corrected chi connectivity index (χ2v) is 7.91. The average molecular weight is 407 g/mol. The second-order valence-electron chi connectivity index (χ2n) is 7.91. The highest BCUT2D eigenvalue weighted by molar-refractivity contribution is 5.79. The molecule has 1 aliphatic rings. The molecular weight excluding hydrogens is 379 g/mol. The van der Waals surface area contributed by atoms with Crippen LogP contribution in [0.1, 0.15) is 41.8 Å². The predicted molar refractivity (Wildman–Crippen MR) is 114 cm³/mol. The first-order valence-corrected chi connectivity index (χ1v) is 10.4. The Morgan fingerprint density at radius 1 is 1.13 bits per heavy atom. The first-order chi connectivity index (χ1) is 14.6. The van der Waals surface area contributed by atoms with E-state index >= 15 is 0 Å². The standard InChI is InChI=1S/C24H27FN4O/c1-28-16-13-26-24(28)23(20-7-9-21(25)10-8-20)27-22(30)17-29-14-11-19(12-15-29)18-5-3-2-4-6-18/h2-10,13,16,19,23H,11-12,14-15,17H2,1H3,(H,27,30)/t23-/m1/s1. The molecule has 1 atom stereocenters. The van der Waals surface area contributed by atoms with Crippen molar-refractivity contribution in [2.45, 2.75) is 24.8 Å². The van der Waals surface area contributed by atoms with E-state index in [4.69, 9.17) is 0 Å². The smallest absolute Gasteiger partial charge is 0.235 e. The maximum absolute atomic E-state index is 13.4. The Balaban J connectivity index is 1.39. The molecule has 1 aliphatic heterocycles. The van der Waals surface area contributed by atoms with Crippen molar-refractivity contribution in [1.82, 2.24) is 19.8 Å². The molecule has 0 unspecified atom stereocenters. The van der Waals surface area contributed by atoms with Gasteiger partial charge < -0.3 is 9.88 Å². The summed E-state index contributed by atoms with van der Waals surface area (Å²) in [5.41, 5.74) is 2.19. The van der Waals surface area contributed by atoms with Gasteiger partial charge in [-0.2, -0.15) is 0 Å². The third kappa shape index (κ3) is 4.76. The van der Waals surface area contributed by atoms with Gasteiger partial charge in [-0.25, -0.2) is 9.37 Å². The summed E-state index contributed by atoms with van der Waals surface area (Å²) in [5.74, 6) is 0.929. The fourth-order valence-corrected chi connectivity index (χ4v) is 4.17. The van der Waals surface area contributed by atoms with Gasteiger partial charge in [-0.1, -0.05) is 42.5 Å². The quantitative estimate of drug-likeness (QED) is 0.680. The number of carbonyl (C=O) groups is 1. The minimum Gasteiger partial charge on any atom is -0.341 e. The number of hydrogen-bond donors (Lipinski definition) is 1. The number of carbonyl (C=O) groups excluding carboxylic acids is 1.